The smallest absolute Gasteiger partial charge is 0.339 e. The van der Waals surface area contributed by atoms with Gasteiger partial charge in [-0.1, -0.05) is 15.9 Å². The third-order valence-electron chi connectivity index (χ3n) is 2.77. The Morgan fingerprint density at radius 2 is 1.95 bits per heavy atom. The van der Waals surface area contributed by atoms with Gasteiger partial charge in [0.05, 0.1) is 5.69 Å². The molecular weight excluding hydrogens is 308 g/mol. The molecule has 0 amide bonds. The number of aromatic carboxylic acids is 1. The van der Waals surface area contributed by atoms with E-state index in [1.165, 1.54) is 6.20 Å². The SMILES string of the molecule is Cc1cc(Nc2ccncc2C(=O)O)cc(C)c1Br. The second-order valence-corrected chi connectivity index (χ2v) is 5.07. The second kappa shape index (κ2) is 5.40. The fourth-order valence-electron chi connectivity index (χ4n) is 1.85. The maximum atomic E-state index is 11.1. The number of hydrogen-bond donors (Lipinski definition) is 2. The molecule has 0 spiro atoms. The first-order chi connectivity index (χ1) is 8.99. The van der Waals surface area contributed by atoms with Gasteiger partial charge in [0.15, 0.2) is 0 Å². The van der Waals surface area contributed by atoms with Crippen molar-refractivity contribution in [1.82, 2.24) is 4.98 Å². The number of anilines is 2. The minimum absolute atomic E-state index is 0.153. The number of nitrogens with one attached hydrogen (secondary N) is 1. The van der Waals surface area contributed by atoms with Crippen LogP contribution in [-0.4, -0.2) is 16.1 Å². The molecule has 0 aliphatic rings. The molecule has 2 N–H and O–H groups in total. The van der Waals surface area contributed by atoms with Gasteiger partial charge in [-0.3, -0.25) is 4.98 Å². The predicted molar refractivity (Wildman–Crippen MR) is 78.1 cm³/mol. The van der Waals surface area contributed by atoms with E-state index in [0.29, 0.717) is 5.69 Å². The Hall–Kier alpha value is -1.88. The van der Waals surface area contributed by atoms with E-state index in [4.69, 9.17) is 5.11 Å². The van der Waals surface area contributed by atoms with Gasteiger partial charge in [-0.2, -0.15) is 0 Å². The molecule has 1 aromatic carbocycles. The van der Waals surface area contributed by atoms with E-state index < -0.39 is 5.97 Å². The minimum Gasteiger partial charge on any atom is -0.478 e. The lowest BCUT2D eigenvalue weighted by molar-refractivity contribution is 0.0697. The molecule has 5 heteroatoms. The van der Waals surface area contributed by atoms with E-state index in [1.54, 1.807) is 12.3 Å². The minimum atomic E-state index is -0.999. The zero-order valence-electron chi connectivity index (χ0n) is 10.6. The normalized spacial score (nSPS) is 10.3. The number of aryl methyl sites for hydroxylation is 2. The van der Waals surface area contributed by atoms with Gasteiger partial charge in [0, 0.05) is 22.6 Å². The average molecular weight is 321 g/mol. The molecule has 0 radical (unpaired) electrons. The van der Waals surface area contributed by atoms with Crippen molar-refractivity contribution >= 4 is 33.3 Å². The summed E-state index contributed by atoms with van der Waals surface area (Å²) in [6.07, 6.45) is 2.90. The van der Waals surface area contributed by atoms with Crippen molar-refractivity contribution in [2.75, 3.05) is 5.32 Å². The Balaban J connectivity index is 2.39. The zero-order valence-corrected chi connectivity index (χ0v) is 12.2. The maximum Gasteiger partial charge on any atom is 0.339 e. The average Bonchev–Trinajstić information content (AvgIpc) is 2.36. The van der Waals surface area contributed by atoms with Crippen LogP contribution in [0.2, 0.25) is 0 Å². The fraction of sp³-hybridized carbons (Fsp3) is 0.143. The molecule has 2 aromatic rings. The molecule has 0 atom stereocenters. The number of carboxylic acids is 1. The van der Waals surface area contributed by atoms with E-state index >= 15 is 0 Å². The van der Waals surface area contributed by atoms with Gasteiger partial charge >= 0.3 is 5.97 Å². The van der Waals surface area contributed by atoms with Crippen LogP contribution in [0.15, 0.2) is 35.1 Å². The number of halogens is 1. The van der Waals surface area contributed by atoms with Crippen LogP contribution >= 0.6 is 15.9 Å². The van der Waals surface area contributed by atoms with E-state index in [9.17, 15) is 4.79 Å². The van der Waals surface area contributed by atoms with Crippen LogP contribution < -0.4 is 5.32 Å². The molecule has 0 saturated carbocycles. The third-order valence-corrected chi connectivity index (χ3v) is 4.02. The Labute approximate surface area is 119 Å². The van der Waals surface area contributed by atoms with Crippen molar-refractivity contribution in [2.45, 2.75) is 13.8 Å². The number of benzene rings is 1. The summed E-state index contributed by atoms with van der Waals surface area (Å²) in [5.41, 5.74) is 3.72. The number of rotatable bonds is 3. The molecule has 1 heterocycles. The van der Waals surface area contributed by atoms with Gasteiger partial charge in [-0.25, -0.2) is 4.79 Å². The summed E-state index contributed by atoms with van der Waals surface area (Å²) in [5.74, 6) is -0.999. The van der Waals surface area contributed by atoms with Crippen molar-refractivity contribution in [3.63, 3.8) is 0 Å². The number of hydrogen-bond acceptors (Lipinski definition) is 3. The maximum absolute atomic E-state index is 11.1. The summed E-state index contributed by atoms with van der Waals surface area (Å²) in [5, 5.41) is 12.2. The molecule has 2 rings (SSSR count). The predicted octanol–water partition coefficient (Wildman–Crippen LogP) is 3.90. The van der Waals surface area contributed by atoms with Crippen molar-refractivity contribution < 1.29 is 9.90 Å². The molecular formula is C14H13BrN2O2. The van der Waals surface area contributed by atoms with Gasteiger partial charge in [-0.05, 0) is 43.2 Å². The molecule has 0 aliphatic heterocycles. The zero-order chi connectivity index (χ0) is 14.0. The summed E-state index contributed by atoms with van der Waals surface area (Å²) in [6, 6.07) is 5.57. The number of aromatic nitrogens is 1. The number of carbonyl (C=O) groups is 1. The Morgan fingerprint density at radius 3 is 2.53 bits per heavy atom. The van der Waals surface area contributed by atoms with Crippen LogP contribution in [-0.2, 0) is 0 Å². The van der Waals surface area contributed by atoms with Crippen molar-refractivity contribution in [2.24, 2.45) is 0 Å². The molecule has 1 aromatic heterocycles. The summed E-state index contributed by atoms with van der Waals surface area (Å²) in [4.78, 5) is 14.9. The number of nitrogens with zero attached hydrogens (tertiary/aromatic N) is 1. The van der Waals surface area contributed by atoms with E-state index in [2.05, 4.69) is 26.2 Å². The molecule has 0 bridgehead atoms. The molecule has 98 valence electrons. The Bertz CT molecular complexity index is 618. The molecule has 0 saturated heterocycles. The lowest BCUT2D eigenvalue weighted by Gasteiger charge is -2.12. The van der Waals surface area contributed by atoms with Gasteiger partial charge in [0.1, 0.15) is 5.56 Å². The standard InChI is InChI=1S/C14H13BrN2O2/c1-8-5-10(6-9(2)13(8)15)17-12-3-4-16-7-11(12)14(18)19/h3-7H,1-2H3,(H,16,17)(H,18,19). The lowest BCUT2D eigenvalue weighted by atomic mass is 10.1. The van der Waals surface area contributed by atoms with Crippen molar-refractivity contribution in [3.05, 3.63) is 51.8 Å². The van der Waals surface area contributed by atoms with Gasteiger partial charge in [0.25, 0.3) is 0 Å². The van der Waals surface area contributed by atoms with Crippen LogP contribution in [0.25, 0.3) is 0 Å². The number of carboxylic acid groups (broad SMARTS) is 1. The first kappa shape index (κ1) is 13.5. The lowest BCUT2D eigenvalue weighted by Crippen LogP contribution is -2.03. The summed E-state index contributed by atoms with van der Waals surface area (Å²) in [6.45, 7) is 3.99. The van der Waals surface area contributed by atoms with Crippen molar-refractivity contribution in [1.29, 1.82) is 0 Å². The first-order valence-corrected chi connectivity index (χ1v) is 6.49. The molecule has 0 unspecified atom stereocenters. The summed E-state index contributed by atoms with van der Waals surface area (Å²) < 4.78 is 1.06. The molecule has 0 aliphatic carbocycles. The van der Waals surface area contributed by atoms with E-state index in [1.807, 2.05) is 26.0 Å². The quantitative estimate of drug-likeness (QED) is 0.900. The van der Waals surface area contributed by atoms with Crippen LogP contribution in [0, 0.1) is 13.8 Å². The summed E-state index contributed by atoms with van der Waals surface area (Å²) >= 11 is 3.50. The van der Waals surface area contributed by atoms with E-state index in [-0.39, 0.29) is 5.56 Å². The monoisotopic (exact) mass is 320 g/mol. The highest BCUT2D eigenvalue weighted by atomic mass is 79.9. The Kier molecular flexibility index (Phi) is 3.85. The highest BCUT2D eigenvalue weighted by Gasteiger charge is 2.10. The van der Waals surface area contributed by atoms with Gasteiger partial charge < -0.3 is 10.4 Å². The third kappa shape index (κ3) is 2.93. The van der Waals surface area contributed by atoms with Gasteiger partial charge in [-0.15, -0.1) is 0 Å². The highest BCUT2D eigenvalue weighted by Crippen LogP contribution is 2.27. The molecule has 19 heavy (non-hydrogen) atoms. The van der Waals surface area contributed by atoms with Crippen molar-refractivity contribution in [3.8, 4) is 0 Å². The Morgan fingerprint density at radius 1 is 1.32 bits per heavy atom. The van der Waals surface area contributed by atoms with Crippen LogP contribution in [0.4, 0.5) is 11.4 Å². The molecule has 0 fully saturated rings. The largest absolute Gasteiger partial charge is 0.478 e. The topological polar surface area (TPSA) is 62.2 Å². The molecule has 4 nitrogen and oxygen atoms in total. The second-order valence-electron chi connectivity index (χ2n) is 4.28. The van der Waals surface area contributed by atoms with Crippen LogP contribution in [0.5, 0.6) is 0 Å². The van der Waals surface area contributed by atoms with Crippen LogP contribution in [0.3, 0.4) is 0 Å². The van der Waals surface area contributed by atoms with Crippen LogP contribution in [0.1, 0.15) is 21.5 Å². The summed E-state index contributed by atoms with van der Waals surface area (Å²) in [7, 11) is 0. The fourth-order valence-corrected chi connectivity index (χ4v) is 2.08. The first-order valence-electron chi connectivity index (χ1n) is 5.70. The van der Waals surface area contributed by atoms with E-state index in [0.717, 1.165) is 21.3 Å². The number of pyridine rings is 1. The highest BCUT2D eigenvalue weighted by molar-refractivity contribution is 9.10. The van der Waals surface area contributed by atoms with Gasteiger partial charge in [0.2, 0.25) is 0 Å².